The van der Waals surface area contributed by atoms with Crippen LogP contribution in [-0.4, -0.2) is 14.5 Å². The van der Waals surface area contributed by atoms with Crippen LogP contribution < -0.4 is 0 Å². The molecule has 0 aliphatic rings. The summed E-state index contributed by atoms with van der Waals surface area (Å²) < 4.78 is 15.4. The minimum absolute atomic E-state index is 0.664. The summed E-state index contributed by atoms with van der Waals surface area (Å²) in [6.45, 7) is 0. The second-order valence-electron chi connectivity index (χ2n) is 13.3. The summed E-state index contributed by atoms with van der Waals surface area (Å²) >= 11 is 0. The van der Waals surface area contributed by atoms with Gasteiger partial charge in [0.1, 0.15) is 28.0 Å². The van der Waals surface area contributed by atoms with Crippen LogP contribution in [0.2, 0.25) is 0 Å². The number of hydrogen-bond acceptors (Lipinski definition) is 4. The lowest BCUT2D eigenvalue weighted by atomic mass is 10.00. The Balaban J connectivity index is 1.11. The summed E-state index contributed by atoms with van der Waals surface area (Å²) in [4.78, 5) is 10.3. The van der Waals surface area contributed by atoms with Gasteiger partial charge in [0.15, 0.2) is 11.4 Å². The van der Waals surface area contributed by atoms with Crippen LogP contribution in [0.5, 0.6) is 0 Å². The van der Waals surface area contributed by atoms with Crippen LogP contribution in [0, 0.1) is 0 Å². The van der Waals surface area contributed by atoms with Crippen LogP contribution >= 0.6 is 0 Å². The van der Waals surface area contributed by atoms with Crippen LogP contribution in [0.1, 0.15) is 0 Å². The van der Waals surface area contributed by atoms with Gasteiger partial charge in [0.25, 0.3) is 0 Å². The first-order chi connectivity index (χ1) is 25.3. The highest BCUT2D eigenvalue weighted by atomic mass is 16.3. The maximum atomic E-state index is 6.63. The third kappa shape index (κ3) is 3.69. The summed E-state index contributed by atoms with van der Waals surface area (Å²) in [5.74, 6) is 0.664. The smallest absolute Gasteiger partial charge is 0.180 e. The molecule has 0 fully saturated rings. The lowest BCUT2D eigenvalue weighted by Gasteiger charge is -2.12. The maximum Gasteiger partial charge on any atom is 0.180 e. The van der Waals surface area contributed by atoms with E-state index in [0.29, 0.717) is 11.4 Å². The largest absolute Gasteiger partial charge is 0.456 e. The van der Waals surface area contributed by atoms with E-state index in [-0.39, 0.29) is 0 Å². The van der Waals surface area contributed by atoms with Crippen LogP contribution in [0.4, 0.5) is 0 Å². The van der Waals surface area contributed by atoms with Gasteiger partial charge in [-0.05, 0) is 76.1 Å². The van der Waals surface area contributed by atoms with E-state index in [1.54, 1.807) is 0 Å². The van der Waals surface area contributed by atoms with E-state index in [1.807, 2.05) is 36.4 Å². The van der Waals surface area contributed by atoms with Gasteiger partial charge in [-0.1, -0.05) is 97.1 Å². The van der Waals surface area contributed by atoms with E-state index < -0.39 is 0 Å². The monoisotopic (exact) mass is 651 g/mol. The Kier molecular flexibility index (Phi) is 5.17. The summed E-state index contributed by atoms with van der Waals surface area (Å²) in [6.07, 6.45) is 0. The zero-order valence-electron chi connectivity index (χ0n) is 27.1. The van der Waals surface area contributed by atoms with Gasteiger partial charge in [-0.2, -0.15) is 0 Å². The predicted octanol–water partition coefficient (Wildman–Crippen LogP) is 12.5. The Morgan fingerprint density at radius 2 is 1.10 bits per heavy atom. The second-order valence-corrected chi connectivity index (χ2v) is 13.3. The molecule has 5 nitrogen and oxygen atoms in total. The fourth-order valence-corrected chi connectivity index (χ4v) is 8.27. The van der Waals surface area contributed by atoms with Crippen LogP contribution in [0.3, 0.4) is 0 Å². The highest BCUT2D eigenvalue weighted by Crippen LogP contribution is 2.45. The molecule has 4 aromatic heterocycles. The van der Waals surface area contributed by atoms with Crippen molar-refractivity contribution in [2.45, 2.75) is 0 Å². The van der Waals surface area contributed by atoms with Crippen molar-refractivity contribution in [2.75, 3.05) is 0 Å². The van der Waals surface area contributed by atoms with Crippen molar-refractivity contribution < 1.29 is 8.83 Å². The summed E-state index contributed by atoms with van der Waals surface area (Å²) in [5.41, 5.74) is 10.2. The molecule has 0 aliphatic carbocycles. The number of fused-ring (bicyclic) bond motifs is 4. The average Bonchev–Trinajstić information content (AvgIpc) is 3.68. The number of furan rings is 1. The number of rotatable bonds is 3. The van der Waals surface area contributed by atoms with Crippen molar-refractivity contribution in [3.05, 3.63) is 152 Å². The molecular weight excluding hydrogens is 627 g/mol. The zero-order valence-corrected chi connectivity index (χ0v) is 27.1. The molecule has 0 saturated heterocycles. The highest BCUT2D eigenvalue weighted by Gasteiger charge is 2.22. The molecule has 0 saturated carbocycles. The Labute approximate surface area is 289 Å². The van der Waals surface area contributed by atoms with Crippen molar-refractivity contribution in [1.82, 2.24) is 14.5 Å². The average molecular weight is 652 g/mol. The Morgan fingerprint density at radius 3 is 1.86 bits per heavy atom. The Morgan fingerprint density at radius 1 is 0.431 bits per heavy atom. The van der Waals surface area contributed by atoms with Crippen LogP contribution in [0.15, 0.2) is 160 Å². The Hall–Kier alpha value is -6.98. The lowest BCUT2D eigenvalue weighted by molar-refractivity contribution is 0.664. The second kappa shape index (κ2) is 9.80. The lowest BCUT2D eigenvalue weighted by Crippen LogP contribution is -1.95. The van der Waals surface area contributed by atoms with Crippen molar-refractivity contribution in [2.24, 2.45) is 0 Å². The molecule has 12 rings (SSSR count). The molecular formula is C46H25N3O2. The van der Waals surface area contributed by atoms with E-state index in [2.05, 4.69) is 120 Å². The third-order valence-corrected chi connectivity index (χ3v) is 10.5. The number of hydrogen-bond donors (Lipinski definition) is 0. The SMILES string of the molecule is c1ccc(-c2nc(-c3ccc4ccc(-n5c6ccc7cccc8oc9cccc%10ccc5c(c%109)c6c78)cc4c3)nc3c2oc2ccccc23)cc1. The van der Waals surface area contributed by atoms with Crippen molar-refractivity contribution in [3.63, 3.8) is 0 Å². The third-order valence-electron chi connectivity index (χ3n) is 10.5. The molecule has 0 radical (unpaired) electrons. The minimum Gasteiger partial charge on any atom is -0.456 e. The van der Waals surface area contributed by atoms with Gasteiger partial charge in [-0.15, -0.1) is 0 Å². The normalized spacial score (nSPS) is 12.3. The van der Waals surface area contributed by atoms with E-state index in [1.165, 1.54) is 21.5 Å². The summed E-state index contributed by atoms with van der Waals surface area (Å²) in [5, 5.41) is 10.3. The number of para-hydroxylation sites is 1. The topological polar surface area (TPSA) is 57.0 Å². The van der Waals surface area contributed by atoms with Crippen LogP contribution in [-0.2, 0) is 0 Å². The maximum absolute atomic E-state index is 6.63. The van der Waals surface area contributed by atoms with Gasteiger partial charge in [-0.3, -0.25) is 0 Å². The van der Waals surface area contributed by atoms with E-state index >= 15 is 0 Å². The first-order valence-electron chi connectivity index (χ1n) is 17.2. The van der Waals surface area contributed by atoms with E-state index in [9.17, 15) is 0 Å². The molecule has 12 aromatic rings. The first kappa shape index (κ1) is 26.9. The van der Waals surface area contributed by atoms with E-state index in [4.69, 9.17) is 18.8 Å². The van der Waals surface area contributed by atoms with Crippen molar-refractivity contribution in [3.8, 4) is 28.3 Å². The first-order valence-corrected chi connectivity index (χ1v) is 17.2. The molecule has 0 unspecified atom stereocenters. The highest BCUT2D eigenvalue weighted by molar-refractivity contribution is 6.33. The molecule has 51 heavy (non-hydrogen) atoms. The molecule has 4 heterocycles. The quantitative estimate of drug-likeness (QED) is 0.191. The number of nitrogens with zero attached hydrogens (tertiary/aromatic N) is 3. The molecule has 0 aliphatic heterocycles. The van der Waals surface area contributed by atoms with Gasteiger partial charge in [0.2, 0.25) is 0 Å². The van der Waals surface area contributed by atoms with Crippen molar-refractivity contribution >= 4 is 87.4 Å². The summed E-state index contributed by atoms with van der Waals surface area (Å²) in [7, 11) is 0. The molecule has 0 amide bonds. The van der Waals surface area contributed by atoms with Gasteiger partial charge in [0, 0.05) is 43.7 Å². The minimum atomic E-state index is 0.664. The van der Waals surface area contributed by atoms with Gasteiger partial charge in [0.05, 0.1) is 11.0 Å². The number of aromatic nitrogens is 3. The Bertz CT molecular complexity index is 3260. The van der Waals surface area contributed by atoms with Crippen molar-refractivity contribution in [1.29, 1.82) is 0 Å². The fourth-order valence-electron chi connectivity index (χ4n) is 8.27. The van der Waals surface area contributed by atoms with Gasteiger partial charge < -0.3 is 13.4 Å². The van der Waals surface area contributed by atoms with Gasteiger partial charge >= 0.3 is 0 Å². The molecule has 0 spiro atoms. The molecule has 0 N–H and O–H groups in total. The molecule has 236 valence electrons. The molecule has 0 bridgehead atoms. The van der Waals surface area contributed by atoms with E-state index in [0.717, 1.165) is 82.7 Å². The standard InChI is InChI=1S/C46H25N3O2/c1-2-8-29(9-3-1)43-45-44(33-12-4-5-13-36(33)51-45)48-46(47-43)30-17-16-26-18-21-32(25-31(26)24-30)49-34-22-19-27-10-6-14-37-39(27)41(34)42-35(49)23-20-28-11-7-15-38(50-37)40(28)42/h1-25H. The summed E-state index contributed by atoms with van der Waals surface area (Å²) in [6, 6.07) is 53.1. The van der Waals surface area contributed by atoms with Gasteiger partial charge in [-0.25, -0.2) is 9.97 Å². The predicted molar refractivity (Wildman–Crippen MR) is 208 cm³/mol. The van der Waals surface area contributed by atoms with Crippen LogP contribution in [0.25, 0.3) is 116 Å². The zero-order chi connectivity index (χ0) is 33.2. The molecule has 8 aromatic carbocycles. The molecule has 5 heteroatoms. The number of benzene rings is 8. The molecule has 0 atom stereocenters. The fraction of sp³-hybridized carbons (Fsp3) is 0.